The molecule has 1 unspecified atom stereocenters. The Balaban J connectivity index is 1.86. The lowest BCUT2D eigenvalue weighted by molar-refractivity contribution is -0.136. The van der Waals surface area contributed by atoms with E-state index in [2.05, 4.69) is 5.32 Å². The summed E-state index contributed by atoms with van der Waals surface area (Å²) in [5.41, 5.74) is 0. The fourth-order valence-electron chi connectivity index (χ4n) is 2.50. The highest BCUT2D eigenvalue weighted by molar-refractivity contribution is 5.89. The maximum atomic E-state index is 12.3. The van der Waals surface area contributed by atoms with Crippen molar-refractivity contribution in [3.63, 3.8) is 0 Å². The molecule has 0 spiro atoms. The second-order valence-electron chi connectivity index (χ2n) is 4.81. The summed E-state index contributed by atoms with van der Waals surface area (Å²) in [7, 11) is 1.61. The molecule has 2 heterocycles. The highest BCUT2D eigenvalue weighted by Gasteiger charge is 2.36. The van der Waals surface area contributed by atoms with Crippen LogP contribution in [0.2, 0.25) is 0 Å². The van der Waals surface area contributed by atoms with Crippen molar-refractivity contribution in [3.8, 4) is 0 Å². The Hall–Kier alpha value is -1.14. The van der Waals surface area contributed by atoms with Gasteiger partial charge in [0.15, 0.2) is 0 Å². The number of nitrogens with zero attached hydrogens (tertiary/aromatic N) is 2. The minimum absolute atomic E-state index is 0.0699. The molecule has 2 rings (SSSR count). The molecule has 0 radical (unpaired) electrons. The van der Waals surface area contributed by atoms with Crippen LogP contribution in [0.5, 0.6) is 0 Å². The number of likely N-dealkylation sites (tertiary alicyclic amines) is 1. The first kappa shape index (κ1) is 13.3. The third kappa shape index (κ3) is 3.00. The van der Waals surface area contributed by atoms with Crippen molar-refractivity contribution in [3.05, 3.63) is 0 Å². The van der Waals surface area contributed by atoms with Crippen LogP contribution in [0.1, 0.15) is 6.42 Å². The van der Waals surface area contributed by atoms with Crippen molar-refractivity contribution in [2.24, 2.45) is 5.92 Å². The number of carbonyl (C=O) groups is 2. The van der Waals surface area contributed by atoms with Crippen molar-refractivity contribution >= 4 is 11.8 Å². The molecule has 0 bridgehead atoms. The Bertz CT molecular complexity index is 316. The number of methoxy groups -OCH3 is 1. The standard InChI is InChI=1S/C12H21N3O3/c1-18-7-6-15-9-10(8-11(15)16)12(17)14-4-2-13-3-5-14/h10,13H,2-9H2,1H3. The van der Waals surface area contributed by atoms with Gasteiger partial charge in [0.1, 0.15) is 0 Å². The zero-order chi connectivity index (χ0) is 13.0. The number of hydrogen-bond acceptors (Lipinski definition) is 4. The molecule has 6 heteroatoms. The third-order valence-electron chi connectivity index (χ3n) is 3.56. The maximum absolute atomic E-state index is 12.3. The minimum atomic E-state index is -0.160. The summed E-state index contributed by atoms with van der Waals surface area (Å²) in [6.07, 6.45) is 0.354. The highest BCUT2D eigenvalue weighted by atomic mass is 16.5. The van der Waals surface area contributed by atoms with E-state index in [9.17, 15) is 9.59 Å². The van der Waals surface area contributed by atoms with E-state index in [0.29, 0.717) is 26.1 Å². The zero-order valence-electron chi connectivity index (χ0n) is 10.9. The maximum Gasteiger partial charge on any atom is 0.228 e. The summed E-state index contributed by atoms with van der Waals surface area (Å²) in [5, 5.41) is 3.22. The Morgan fingerprint density at radius 2 is 2.17 bits per heavy atom. The summed E-state index contributed by atoms with van der Waals surface area (Å²) in [6, 6.07) is 0. The van der Waals surface area contributed by atoms with E-state index in [0.717, 1.165) is 26.2 Å². The van der Waals surface area contributed by atoms with E-state index >= 15 is 0 Å². The molecule has 6 nitrogen and oxygen atoms in total. The van der Waals surface area contributed by atoms with E-state index < -0.39 is 0 Å². The van der Waals surface area contributed by atoms with Gasteiger partial charge in [0.05, 0.1) is 12.5 Å². The molecule has 0 aromatic rings. The Labute approximate surface area is 107 Å². The van der Waals surface area contributed by atoms with E-state index in [-0.39, 0.29) is 17.7 Å². The topological polar surface area (TPSA) is 61.9 Å². The fraction of sp³-hybridized carbons (Fsp3) is 0.833. The Morgan fingerprint density at radius 3 is 2.83 bits per heavy atom. The smallest absolute Gasteiger partial charge is 0.228 e. The number of nitrogens with one attached hydrogen (secondary N) is 1. The predicted molar refractivity (Wildman–Crippen MR) is 66.0 cm³/mol. The van der Waals surface area contributed by atoms with Crippen LogP contribution in [0.15, 0.2) is 0 Å². The number of hydrogen-bond donors (Lipinski definition) is 1. The number of carbonyl (C=O) groups excluding carboxylic acids is 2. The SMILES string of the molecule is COCCN1CC(C(=O)N2CCNCC2)CC1=O. The van der Waals surface area contributed by atoms with Crippen molar-refractivity contribution < 1.29 is 14.3 Å². The molecule has 1 N–H and O–H groups in total. The van der Waals surface area contributed by atoms with Crippen molar-refractivity contribution in [2.75, 3.05) is 53.0 Å². The summed E-state index contributed by atoms with van der Waals surface area (Å²) < 4.78 is 4.97. The third-order valence-corrected chi connectivity index (χ3v) is 3.56. The number of rotatable bonds is 4. The van der Waals surface area contributed by atoms with Gasteiger partial charge in [-0.25, -0.2) is 0 Å². The van der Waals surface area contributed by atoms with Crippen molar-refractivity contribution in [1.82, 2.24) is 15.1 Å². The van der Waals surface area contributed by atoms with Gasteiger partial charge in [-0.3, -0.25) is 9.59 Å². The van der Waals surface area contributed by atoms with Gasteiger partial charge >= 0.3 is 0 Å². The molecule has 0 saturated carbocycles. The largest absolute Gasteiger partial charge is 0.383 e. The minimum Gasteiger partial charge on any atom is -0.383 e. The molecule has 0 aliphatic carbocycles. The van der Waals surface area contributed by atoms with Gasteiger partial charge in [0.2, 0.25) is 11.8 Å². The highest BCUT2D eigenvalue weighted by Crippen LogP contribution is 2.20. The van der Waals surface area contributed by atoms with Gasteiger partial charge in [0, 0.05) is 52.8 Å². The lowest BCUT2D eigenvalue weighted by Gasteiger charge is -2.29. The Morgan fingerprint density at radius 1 is 1.44 bits per heavy atom. The van der Waals surface area contributed by atoms with Gasteiger partial charge < -0.3 is 19.9 Å². The van der Waals surface area contributed by atoms with Gasteiger partial charge in [-0.05, 0) is 0 Å². The molecule has 2 aliphatic rings. The van der Waals surface area contributed by atoms with Crippen molar-refractivity contribution in [1.29, 1.82) is 0 Å². The molecule has 1 atom stereocenters. The quantitative estimate of drug-likeness (QED) is 0.693. The van der Waals surface area contributed by atoms with Crippen LogP contribution >= 0.6 is 0 Å². The van der Waals surface area contributed by atoms with Crippen molar-refractivity contribution in [2.45, 2.75) is 6.42 Å². The van der Waals surface area contributed by atoms with E-state index in [1.54, 1.807) is 12.0 Å². The first-order chi connectivity index (χ1) is 8.72. The second-order valence-corrected chi connectivity index (χ2v) is 4.81. The predicted octanol–water partition coefficient (Wildman–Crippen LogP) is -1.09. The monoisotopic (exact) mass is 255 g/mol. The molecule has 18 heavy (non-hydrogen) atoms. The zero-order valence-corrected chi connectivity index (χ0v) is 10.9. The first-order valence-corrected chi connectivity index (χ1v) is 6.48. The molecule has 2 saturated heterocycles. The van der Waals surface area contributed by atoms with E-state index in [1.807, 2.05) is 4.90 Å². The summed E-state index contributed by atoms with van der Waals surface area (Å²) in [6.45, 7) is 4.86. The van der Waals surface area contributed by atoms with Crippen LogP contribution in [0.4, 0.5) is 0 Å². The molecule has 102 valence electrons. The van der Waals surface area contributed by atoms with E-state index in [4.69, 9.17) is 4.74 Å². The lowest BCUT2D eigenvalue weighted by Crippen LogP contribution is -2.48. The lowest BCUT2D eigenvalue weighted by atomic mass is 10.1. The normalized spacial score (nSPS) is 24.7. The van der Waals surface area contributed by atoms with Crippen LogP contribution in [0.25, 0.3) is 0 Å². The average molecular weight is 255 g/mol. The Kier molecular flexibility index (Phi) is 4.54. The number of piperazine rings is 1. The molecule has 2 fully saturated rings. The number of ether oxygens (including phenoxy) is 1. The second kappa shape index (κ2) is 6.15. The van der Waals surface area contributed by atoms with Gasteiger partial charge in [-0.1, -0.05) is 0 Å². The number of amides is 2. The van der Waals surface area contributed by atoms with Crippen LogP contribution in [0, 0.1) is 5.92 Å². The fourth-order valence-corrected chi connectivity index (χ4v) is 2.50. The first-order valence-electron chi connectivity index (χ1n) is 6.48. The molecular formula is C12H21N3O3. The van der Waals surface area contributed by atoms with Gasteiger partial charge in [-0.2, -0.15) is 0 Å². The van der Waals surface area contributed by atoms with E-state index in [1.165, 1.54) is 0 Å². The summed E-state index contributed by atoms with van der Waals surface area (Å²) >= 11 is 0. The molecule has 2 aliphatic heterocycles. The molecular weight excluding hydrogens is 234 g/mol. The van der Waals surface area contributed by atoms with Crippen LogP contribution in [0.3, 0.4) is 0 Å². The van der Waals surface area contributed by atoms with Crippen LogP contribution in [-0.2, 0) is 14.3 Å². The molecule has 2 amide bonds. The van der Waals surface area contributed by atoms with Crippen LogP contribution < -0.4 is 5.32 Å². The molecule has 0 aromatic heterocycles. The van der Waals surface area contributed by atoms with Crippen LogP contribution in [-0.4, -0.2) is 74.6 Å². The summed E-state index contributed by atoms with van der Waals surface area (Å²) in [4.78, 5) is 27.6. The molecule has 0 aromatic carbocycles. The summed E-state index contributed by atoms with van der Waals surface area (Å²) in [5.74, 6) is 0.0396. The van der Waals surface area contributed by atoms with Gasteiger partial charge in [-0.15, -0.1) is 0 Å². The average Bonchev–Trinajstić information content (AvgIpc) is 2.78. The van der Waals surface area contributed by atoms with Gasteiger partial charge in [0.25, 0.3) is 0 Å².